The zero-order chi connectivity index (χ0) is 14.4. The molecule has 1 fully saturated rings. The van der Waals surface area contributed by atoms with Gasteiger partial charge in [0.2, 0.25) is 0 Å². The predicted molar refractivity (Wildman–Crippen MR) is 71.8 cm³/mol. The van der Waals surface area contributed by atoms with Crippen molar-refractivity contribution >= 4 is 6.09 Å². The molecule has 1 heterocycles. The molecule has 0 spiro atoms. The maximum absolute atomic E-state index is 11.0. The molecule has 2 rings (SSSR count). The minimum absolute atomic E-state index is 0.363. The van der Waals surface area contributed by atoms with E-state index in [1.54, 1.807) is 7.11 Å². The standard InChI is InChI=1S/C14H19NO5/c1-17-11-4-3-10(5-6-15-14(16)18-2)12(9-11)13-19-7-8-20-13/h3-4,9,13H,5-8H2,1-2H3,(H,15,16). The number of carbonyl (C=O) groups excluding carboxylic acids is 1. The van der Waals surface area contributed by atoms with Crippen LogP contribution in [0.4, 0.5) is 4.79 Å². The Balaban J connectivity index is 2.07. The van der Waals surface area contributed by atoms with Crippen LogP contribution in [0.2, 0.25) is 0 Å². The molecule has 0 bridgehead atoms. The minimum atomic E-state index is -0.437. The Kier molecular flexibility index (Phi) is 5.20. The highest BCUT2D eigenvalue weighted by molar-refractivity contribution is 5.66. The van der Waals surface area contributed by atoms with Crippen LogP contribution in [0.1, 0.15) is 17.4 Å². The maximum atomic E-state index is 11.0. The molecular formula is C14H19NO5. The van der Waals surface area contributed by atoms with Crippen LogP contribution in [0, 0.1) is 0 Å². The van der Waals surface area contributed by atoms with E-state index in [2.05, 4.69) is 10.1 Å². The highest BCUT2D eigenvalue weighted by Crippen LogP contribution is 2.29. The Hall–Kier alpha value is -1.79. The van der Waals surface area contributed by atoms with Crippen LogP contribution in [0.3, 0.4) is 0 Å². The van der Waals surface area contributed by atoms with Gasteiger partial charge < -0.3 is 24.3 Å². The first-order valence-corrected chi connectivity index (χ1v) is 6.46. The van der Waals surface area contributed by atoms with Crippen molar-refractivity contribution in [1.29, 1.82) is 0 Å². The molecule has 1 aliphatic heterocycles. The summed E-state index contributed by atoms with van der Waals surface area (Å²) in [5, 5.41) is 2.65. The lowest BCUT2D eigenvalue weighted by Gasteiger charge is -2.16. The van der Waals surface area contributed by atoms with Crippen LogP contribution in [0.5, 0.6) is 5.75 Å². The number of carbonyl (C=O) groups is 1. The maximum Gasteiger partial charge on any atom is 0.406 e. The first-order chi connectivity index (χ1) is 9.74. The van der Waals surface area contributed by atoms with Gasteiger partial charge in [-0.2, -0.15) is 0 Å². The molecule has 20 heavy (non-hydrogen) atoms. The first-order valence-electron chi connectivity index (χ1n) is 6.46. The molecule has 0 atom stereocenters. The Morgan fingerprint density at radius 2 is 2.10 bits per heavy atom. The predicted octanol–water partition coefficient (Wildman–Crippen LogP) is 1.64. The summed E-state index contributed by atoms with van der Waals surface area (Å²) in [6.07, 6.45) is -0.135. The van der Waals surface area contributed by atoms with E-state index in [4.69, 9.17) is 14.2 Å². The molecule has 0 unspecified atom stereocenters. The monoisotopic (exact) mass is 281 g/mol. The molecule has 1 amide bonds. The van der Waals surface area contributed by atoms with E-state index in [0.29, 0.717) is 26.2 Å². The molecule has 0 aromatic heterocycles. The fourth-order valence-electron chi connectivity index (χ4n) is 2.06. The molecule has 0 radical (unpaired) electrons. The molecule has 1 N–H and O–H groups in total. The molecule has 6 nitrogen and oxygen atoms in total. The summed E-state index contributed by atoms with van der Waals surface area (Å²) < 4.78 is 20.8. The van der Waals surface area contributed by atoms with Gasteiger partial charge in [0.1, 0.15) is 5.75 Å². The molecule has 0 aliphatic carbocycles. The van der Waals surface area contributed by atoms with Gasteiger partial charge in [-0.15, -0.1) is 0 Å². The zero-order valence-electron chi connectivity index (χ0n) is 11.7. The van der Waals surface area contributed by atoms with E-state index in [1.165, 1.54) is 7.11 Å². The van der Waals surface area contributed by atoms with E-state index in [-0.39, 0.29) is 6.29 Å². The summed E-state index contributed by atoms with van der Waals surface area (Å²) in [7, 11) is 2.96. The highest BCUT2D eigenvalue weighted by Gasteiger charge is 2.21. The van der Waals surface area contributed by atoms with Crippen molar-refractivity contribution in [3.63, 3.8) is 0 Å². The van der Waals surface area contributed by atoms with Gasteiger partial charge in [0.05, 0.1) is 27.4 Å². The fraction of sp³-hybridized carbons (Fsp3) is 0.500. The van der Waals surface area contributed by atoms with Crippen molar-refractivity contribution in [2.75, 3.05) is 34.0 Å². The number of alkyl carbamates (subject to hydrolysis) is 1. The van der Waals surface area contributed by atoms with Crippen molar-refractivity contribution in [3.05, 3.63) is 29.3 Å². The van der Waals surface area contributed by atoms with Crippen LogP contribution >= 0.6 is 0 Å². The number of amides is 1. The molecule has 1 aliphatic rings. The van der Waals surface area contributed by atoms with Crippen molar-refractivity contribution in [3.8, 4) is 5.75 Å². The molecular weight excluding hydrogens is 262 g/mol. The van der Waals surface area contributed by atoms with Crippen LogP contribution in [-0.2, 0) is 20.6 Å². The van der Waals surface area contributed by atoms with Crippen LogP contribution in [0.25, 0.3) is 0 Å². The minimum Gasteiger partial charge on any atom is -0.497 e. The van der Waals surface area contributed by atoms with Crippen molar-refractivity contribution in [2.45, 2.75) is 12.7 Å². The molecule has 6 heteroatoms. The number of rotatable bonds is 5. The Labute approximate surface area is 118 Å². The van der Waals surface area contributed by atoms with Gasteiger partial charge in [-0.1, -0.05) is 6.07 Å². The smallest absolute Gasteiger partial charge is 0.406 e. The van der Waals surface area contributed by atoms with Crippen molar-refractivity contribution < 1.29 is 23.7 Å². The van der Waals surface area contributed by atoms with Gasteiger partial charge in [0.25, 0.3) is 0 Å². The lowest BCUT2D eigenvalue weighted by Crippen LogP contribution is -2.25. The Morgan fingerprint density at radius 3 is 2.75 bits per heavy atom. The van der Waals surface area contributed by atoms with Gasteiger partial charge in [-0.3, -0.25) is 0 Å². The number of ether oxygens (including phenoxy) is 4. The second-order valence-electron chi connectivity index (χ2n) is 4.31. The third-order valence-electron chi connectivity index (χ3n) is 3.08. The highest BCUT2D eigenvalue weighted by atomic mass is 16.7. The normalized spacial score (nSPS) is 15.1. The molecule has 110 valence electrons. The van der Waals surface area contributed by atoms with Crippen LogP contribution in [-0.4, -0.2) is 40.1 Å². The zero-order valence-corrected chi connectivity index (χ0v) is 11.7. The number of methoxy groups -OCH3 is 2. The van der Waals surface area contributed by atoms with Crippen molar-refractivity contribution in [2.24, 2.45) is 0 Å². The summed E-state index contributed by atoms with van der Waals surface area (Å²) in [4.78, 5) is 11.0. The SMILES string of the molecule is COC(=O)NCCc1ccc(OC)cc1C1OCCO1. The summed E-state index contributed by atoms with van der Waals surface area (Å²) in [6.45, 7) is 1.65. The third kappa shape index (κ3) is 3.61. The first kappa shape index (κ1) is 14.6. The van der Waals surface area contributed by atoms with Gasteiger partial charge in [0.15, 0.2) is 6.29 Å². The summed E-state index contributed by atoms with van der Waals surface area (Å²) in [5.41, 5.74) is 1.99. The van der Waals surface area contributed by atoms with E-state index in [0.717, 1.165) is 16.9 Å². The summed E-state index contributed by atoms with van der Waals surface area (Å²) in [5.74, 6) is 0.753. The molecule has 1 saturated heterocycles. The van der Waals surface area contributed by atoms with Crippen LogP contribution in [0.15, 0.2) is 18.2 Å². The number of benzene rings is 1. The summed E-state index contributed by atoms with van der Waals surface area (Å²) in [6, 6.07) is 5.74. The fourth-order valence-corrected chi connectivity index (χ4v) is 2.06. The molecule has 1 aromatic carbocycles. The summed E-state index contributed by atoms with van der Waals surface area (Å²) >= 11 is 0. The largest absolute Gasteiger partial charge is 0.497 e. The topological polar surface area (TPSA) is 66.0 Å². The van der Waals surface area contributed by atoms with Gasteiger partial charge in [-0.05, 0) is 24.1 Å². The van der Waals surface area contributed by atoms with E-state index < -0.39 is 6.09 Å². The number of nitrogens with one attached hydrogen (secondary N) is 1. The average molecular weight is 281 g/mol. The molecule has 0 saturated carbocycles. The quantitative estimate of drug-likeness (QED) is 0.888. The number of hydrogen-bond donors (Lipinski definition) is 1. The second-order valence-corrected chi connectivity index (χ2v) is 4.31. The van der Waals surface area contributed by atoms with E-state index in [1.807, 2.05) is 18.2 Å². The second kappa shape index (κ2) is 7.12. The van der Waals surface area contributed by atoms with Gasteiger partial charge in [-0.25, -0.2) is 4.79 Å². The Bertz CT molecular complexity index is 457. The van der Waals surface area contributed by atoms with E-state index >= 15 is 0 Å². The van der Waals surface area contributed by atoms with E-state index in [9.17, 15) is 4.79 Å². The third-order valence-corrected chi connectivity index (χ3v) is 3.08. The number of hydrogen-bond acceptors (Lipinski definition) is 5. The van der Waals surface area contributed by atoms with Gasteiger partial charge >= 0.3 is 6.09 Å². The lowest BCUT2D eigenvalue weighted by atomic mass is 10.0. The molecule has 1 aromatic rings. The van der Waals surface area contributed by atoms with Gasteiger partial charge in [0, 0.05) is 12.1 Å². The lowest BCUT2D eigenvalue weighted by molar-refractivity contribution is -0.0448. The van der Waals surface area contributed by atoms with Crippen LogP contribution < -0.4 is 10.1 Å². The van der Waals surface area contributed by atoms with Crippen molar-refractivity contribution in [1.82, 2.24) is 5.32 Å². The Morgan fingerprint density at radius 1 is 1.35 bits per heavy atom. The average Bonchev–Trinajstić information content (AvgIpc) is 3.01.